The first kappa shape index (κ1) is 93.8. The van der Waals surface area contributed by atoms with E-state index in [2.05, 4.69) is 117 Å². The predicted molar refractivity (Wildman–Crippen MR) is 560 cm³/mol. The number of pyridine rings is 8. The van der Waals surface area contributed by atoms with E-state index in [4.69, 9.17) is 19.9 Å². The Hall–Kier alpha value is -19.5. The number of hydrogen-bond acceptors (Lipinski definition) is 20. The van der Waals surface area contributed by atoms with Crippen LogP contribution in [0.3, 0.4) is 0 Å². The first-order chi connectivity index (χ1) is 71.6. The number of carbonyl (C=O) groups excluding carboxylic acids is 4. The number of anilines is 3. The molecule has 0 radical (unpaired) electrons. The number of nitrogens with zero attached hydrogens (tertiary/aromatic N) is 16. The maximum absolute atomic E-state index is 13.9. The van der Waals surface area contributed by atoms with E-state index in [9.17, 15) is 36.7 Å². The van der Waals surface area contributed by atoms with Gasteiger partial charge in [0.05, 0.1) is 101 Å². The Morgan fingerprint density at radius 3 is 0.966 bits per heavy atom. The average molecular weight is 1950 g/mol. The summed E-state index contributed by atoms with van der Waals surface area (Å²) in [6.07, 6.45) is 20.4. The van der Waals surface area contributed by atoms with Gasteiger partial charge in [-0.1, -0.05) is 145 Å². The Morgan fingerprint density at radius 1 is 0.306 bits per heavy atom. The zero-order chi connectivity index (χ0) is 101. The molecule has 35 heteroatoms. The van der Waals surface area contributed by atoms with Gasteiger partial charge in [-0.05, 0) is 149 Å². The molecule has 31 nitrogen and oxygen atoms in total. The van der Waals surface area contributed by atoms with Crippen molar-refractivity contribution in [2.75, 3.05) is 16.0 Å². The molecule has 24 aromatic rings. The van der Waals surface area contributed by atoms with Gasteiger partial charge in [0, 0.05) is 154 Å². The van der Waals surface area contributed by atoms with E-state index < -0.39 is 0 Å². The highest BCUT2D eigenvalue weighted by Crippen LogP contribution is 2.41. The van der Waals surface area contributed by atoms with E-state index in [-0.39, 0.29) is 58.6 Å². The van der Waals surface area contributed by atoms with Crippen molar-refractivity contribution in [3.05, 3.63) is 322 Å². The third kappa shape index (κ3) is 20.1. The molecule has 0 spiro atoms. The van der Waals surface area contributed by atoms with Gasteiger partial charge in [-0.15, -0.1) is 0 Å². The maximum Gasteiger partial charge on any atom is 0.226 e. The topological polar surface area (TPSA) is 437 Å². The summed E-state index contributed by atoms with van der Waals surface area (Å²) in [6.45, 7) is 11.3. The van der Waals surface area contributed by atoms with Crippen LogP contribution in [0.15, 0.2) is 293 Å². The third-order valence-corrected chi connectivity index (χ3v) is 24.7. The predicted octanol–water partition coefficient (Wildman–Crippen LogP) is 23.9. The summed E-state index contributed by atoms with van der Waals surface area (Å²) in [4.78, 5) is 116. The van der Waals surface area contributed by atoms with Gasteiger partial charge in [-0.2, -0.15) is 20.4 Å². The summed E-state index contributed by atoms with van der Waals surface area (Å²) in [5.41, 5.74) is 27.7. The molecule has 16 aromatic heterocycles. The van der Waals surface area contributed by atoms with Crippen molar-refractivity contribution in [3.63, 3.8) is 0 Å². The average Bonchev–Trinajstić information content (AvgIpc) is 1.63. The van der Waals surface area contributed by atoms with Gasteiger partial charge < -0.3 is 35.9 Å². The molecule has 0 fully saturated rings. The first-order valence-corrected chi connectivity index (χ1v) is 47.2. The number of amides is 3. The molecule has 722 valence electrons. The van der Waals surface area contributed by atoms with Crippen molar-refractivity contribution in [1.82, 2.24) is 121 Å². The highest BCUT2D eigenvalue weighted by atomic mass is 19.1. The van der Waals surface area contributed by atoms with Crippen LogP contribution >= 0.6 is 0 Å². The molecular weight excluding hydrogens is 1860 g/mol. The van der Waals surface area contributed by atoms with Gasteiger partial charge in [0.2, 0.25) is 17.7 Å². The summed E-state index contributed by atoms with van der Waals surface area (Å²) in [5.74, 6) is 1.40. The molecule has 0 aliphatic heterocycles. The minimum Gasteiger partial charge on any atom is -0.337 e. The van der Waals surface area contributed by atoms with Crippen LogP contribution in [0.2, 0.25) is 0 Å². The lowest BCUT2D eigenvalue weighted by molar-refractivity contribution is -0.119. The molecule has 0 aliphatic rings. The van der Waals surface area contributed by atoms with Crippen LogP contribution in [-0.4, -0.2) is 144 Å². The Labute approximate surface area is 833 Å². The van der Waals surface area contributed by atoms with E-state index in [1.54, 1.807) is 118 Å². The highest BCUT2D eigenvalue weighted by molar-refractivity contribution is 6.04. The fourth-order valence-corrected chi connectivity index (χ4v) is 17.2. The number of aromatic nitrogens is 24. The van der Waals surface area contributed by atoms with Gasteiger partial charge in [-0.3, -0.25) is 59.5 Å². The highest BCUT2D eigenvalue weighted by Gasteiger charge is 2.25. The smallest absolute Gasteiger partial charge is 0.226 e. The summed E-state index contributed by atoms with van der Waals surface area (Å²) < 4.78 is 54.2. The van der Waals surface area contributed by atoms with E-state index in [1.807, 2.05) is 168 Å². The lowest BCUT2D eigenvalue weighted by Gasteiger charge is -2.09. The van der Waals surface area contributed by atoms with Crippen LogP contribution in [0.1, 0.15) is 66.5 Å². The number of hydrogen-bond donors (Lipinski definition) is 11. The molecule has 0 aliphatic carbocycles. The fraction of sp³-hybridized carbons (Fsp3) is 0.107. The zero-order valence-electron chi connectivity index (χ0n) is 79.5. The molecule has 24 rings (SSSR count). The SMILES string of the molecule is CC(C)C(=O)Nc1cncc(-c2cnc3n[nH]c(-c4nc5c(-c6ccc(F)cc6)cccc5[nH]4)c3c2)c1.CC(C)CC(=O)Nc1cncc(-c2cnc3n[nH]c(-c4nc5c(-c6ccc(F)cc6)cccc5[nH]4)c3c2)c1.CCC(=O)Cc1ccc(-c2cnc3n[nH]c(-c4nc5c(-c6cccc(F)c6)cccc5[nH]4)c3c2)cn1.CCC(=O)Nc1cncc(-c2cnc3n[nH]c(-c4nc5c(-c6ccc(F)cc6)cccc5[nH]4)c3c2)c1. The Balaban J connectivity index is 0.000000115. The standard InChI is InChI=1S/C29H24FN7O.C28H22FN7O.C28H21FN6O.C27H20FN7O/c1-16(2)10-25(38)33-21-11-18(13-31-15-21)19-12-23-27(36-37-28(23)32-14-19)29-34-24-5-3-4-22(26(24)35-29)17-6-8-20(30)9-7-17;1-15(2)28(37)32-20-10-17(12-30-14-20)18-11-22-25(35-36-26(22)31-13-18)27-33-23-5-3-4-21(24(23)34-27)16-6-8-19(29)9-7-16;1-2-21(36)13-20-10-9-17(14-30-20)18-12-23-26(34-35-27(23)31-15-18)28-32-24-8-4-7-22(25(24)33-28)16-5-3-6-19(29)11-16;1-2-23(36)31-19-10-16(12-29-14-19)17-11-21-25(34-35-26(21)30-13-17)27-32-22-5-3-4-20(24(22)33-27)15-6-8-18(28)9-7-15/h3-9,11-16H,10H2,1-2H3,(H,33,38)(H,34,35)(H,32,36,37);3-15H,1-2H3,(H,32,37)(H,33,34)(H,31,35,36);3-12,14-15H,2,13H2,1H3,(H,32,33)(H,31,34,35);3-14H,2H2,1H3,(H,31,36)(H,32,33)(H,30,34,35). The minimum atomic E-state index is -0.294. The van der Waals surface area contributed by atoms with Gasteiger partial charge in [0.15, 0.2) is 45.9 Å². The number of nitrogens with one attached hydrogen (secondary N) is 11. The number of aromatic amines is 8. The minimum absolute atomic E-state index is 0.0467. The Morgan fingerprint density at radius 2 is 0.633 bits per heavy atom. The van der Waals surface area contributed by atoms with Crippen molar-refractivity contribution in [3.8, 4) is 135 Å². The van der Waals surface area contributed by atoms with Crippen molar-refractivity contribution in [2.45, 2.75) is 67.2 Å². The maximum atomic E-state index is 13.9. The second-order valence-electron chi connectivity index (χ2n) is 35.6. The van der Waals surface area contributed by atoms with Crippen molar-refractivity contribution in [1.29, 1.82) is 0 Å². The number of imidazole rings is 4. The van der Waals surface area contributed by atoms with Crippen LogP contribution in [0.4, 0.5) is 34.6 Å². The molecule has 0 atom stereocenters. The number of halogens is 4. The van der Waals surface area contributed by atoms with Crippen LogP contribution in [0, 0.1) is 35.1 Å². The first-order valence-electron chi connectivity index (χ1n) is 47.2. The Bertz CT molecular complexity index is 9120. The third-order valence-electron chi connectivity index (χ3n) is 24.7. The number of para-hydroxylation sites is 4. The monoisotopic (exact) mass is 1950 g/mol. The van der Waals surface area contributed by atoms with Crippen LogP contribution in [0.5, 0.6) is 0 Å². The quantitative estimate of drug-likeness (QED) is 0.0281. The molecule has 3 amide bonds. The Kier molecular flexibility index (Phi) is 25.9. The molecule has 16 heterocycles. The van der Waals surface area contributed by atoms with E-state index >= 15 is 0 Å². The van der Waals surface area contributed by atoms with Crippen LogP contribution in [-0.2, 0) is 25.6 Å². The summed E-state index contributed by atoms with van der Waals surface area (Å²) >= 11 is 0. The second kappa shape index (κ2) is 40.6. The normalized spacial score (nSPS) is 11.4. The molecule has 0 saturated heterocycles. The number of benzene rings is 8. The van der Waals surface area contributed by atoms with Gasteiger partial charge in [-0.25, -0.2) is 57.4 Å². The molecule has 0 unspecified atom stereocenters. The molecule has 8 aromatic carbocycles. The van der Waals surface area contributed by atoms with E-state index in [0.717, 1.165) is 160 Å². The van der Waals surface area contributed by atoms with Crippen LogP contribution in [0.25, 0.3) is 223 Å². The summed E-state index contributed by atoms with van der Waals surface area (Å²) in [6, 6.07) is 66.2. The summed E-state index contributed by atoms with van der Waals surface area (Å²) in [5, 5.41) is 41.5. The molecule has 11 N–H and O–H groups in total. The lowest BCUT2D eigenvalue weighted by Crippen LogP contribution is -2.17. The number of rotatable bonds is 22. The van der Waals surface area contributed by atoms with Crippen molar-refractivity contribution >= 4 is 129 Å². The zero-order valence-corrected chi connectivity index (χ0v) is 79.5. The molecule has 0 saturated carbocycles. The van der Waals surface area contributed by atoms with Gasteiger partial charge in [0.1, 0.15) is 51.8 Å². The second-order valence-corrected chi connectivity index (χ2v) is 35.6. The summed E-state index contributed by atoms with van der Waals surface area (Å²) in [7, 11) is 0. The van der Waals surface area contributed by atoms with Crippen molar-refractivity contribution < 1.29 is 36.7 Å². The number of ketones is 1. The number of carbonyl (C=O) groups is 4. The van der Waals surface area contributed by atoms with Gasteiger partial charge in [0.25, 0.3) is 0 Å². The van der Waals surface area contributed by atoms with E-state index in [1.165, 1.54) is 48.5 Å². The molecule has 0 bridgehead atoms. The van der Waals surface area contributed by atoms with Crippen LogP contribution < -0.4 is 16.0 Å². The van der Waals surface area contributed by atoms with Crippen molar-refractivity contribution in [2.24, 2.45) is 11.8 Å². The fourth-order valence-electron chi connectivity index (χ4n) is 17.2. The van der Waals surface area contributed by atoms with Gasteiger partial charge >= 0.3 is 0 Å². The number of H-pyrrole nitrogens is 8. The largest absolute Gasteiger partial charge is 0.337 e. The van der Waals surface area contributed by atoms with E-state index in [0.29, 0.717) is 111 Å². The number of Topliss-reactive ketones (excluding diaryl/α,β-unsaturated/α-hetero) is 1. The number of fused-ring (bicyclic) bond motifs is 8. The lowest BCUT2D eigenvalue weighted by atomic mass is 10.0. The molecular formula is C112H87F4N27O4. The molecule has 147 heavy (non-hydrogen) atoms.